The molecule has 46 heavy (non-hydrogen) atoms. The highest BCUT2D eigenvalue weighted by Gasteiger charge is 2.26. The van der Waals surface area contributed by atoms with Crippen molar-refractivity contribution in [3.63, 3.8) is 0 Å². The van der Waals surface area contributed by atoms with Gasteiger partial charge in [0.1, 0.15) is 5.70 Å². The summed E-state index contributed by atoms with van der Waals surface area (Å²) in [5.41, 5.74) is 3.35. The molecule has 3 amide bonds. The number of anilines is 3. The lowest BCUT2D eigenvalue weighted by atomic mass is 10.1. The van der Waals surface area contributed by atoms with Crippen molar-refractivity contribution in [1.29, 1.82) is 0 Å². The predicted molar refractivity (Wildman–Crippen MR) is 188 cm³/mol. The molecule has 0 heterocycles. The molecule has 2 N–H and O–H groups in total. The van der Waals surface area contributed by atoms with Crippen LogP contribution >= 0.6 is 23.4 Å². The third-order valence-corrected chi connectivity index (χ3v) is 8.61. The molecule has 0 spiro atoms. The summed E-state index contributed by atoms with van der Waals surface area (Å²) in [6.07, 6.45) is 2.22. The van der Waals surface area contributed by atoms with E-state index >= 15 is 0 Å². The van der Waals surface area contributed by atoms with Crippen LogP contribution in [0.3, 0.4) is 0 Å². The van der Waals surface area contributed by atoms with Gasteiger partial charge in [-0.25, -0.2) is 0 Å². The van der Waals surface area contributed by atoms with Crippen molar-refractivity contribution in [2.24, 2.45) is 0 Å². The summed E-state index contributed by atoms with van der Waals surface area (Å²) < 4.78 is 0. The topological polar surface area (TPSA) is 78.5 Å². The Morgan fingerprint density at radius 2 is 1.28 bits per heavy atom. The molecule has 1 atom stereocenters. The van der Waals surface area contributed by atoms with Crippen molar-refractivity contribution >= 4 is 64.2 Å². The molecule has 5 rings (SSSR count). The number of nitrogens with one attached hydrogen (secondary N) is 2. The first kappa shape index (κ1) is 32.3. The van der Waals surface area contributed by atoms with Gasteiger partial charge >= 0.3 is 0 Å². The van der Waals surface area contributed by atoms with Crippen molar-refractivity contribution in [2.75, 3.05) is 10.2 Å². The minimum absolute atomic E-state index is 0.0200. The number of hydrogen-bond donors (Lipinski definition) is 2. The Kier molecular flexibility index (Phi) is 11.1. The number of nitrogens with zero attached hydrogens (tertiary/aromatic N) is 1. The Morgan fingerprint density at radius 1 is 0.739 bits per heavy atom. The van der Waals surface area contributed by atoms with Gasteiger partial charge in [0.25, 0.3) is 11.8 Å². The largest absolute Gasteiger partial charge is 0.321 e. The second-order valence-corrected chi connectivity index (χ2v) is 12.0. The van der Waals surface area contributed by atoms with Gasteiger partial charge in [-0.2, -0.15) is 0 Å². The second kappa shape index (κ2) is 15.8. The Hall–Kier alpha value is -5.11. The Balaban J connectivity index is 1.31. The lowest BCUT2D eigenvalue weighted by molar-refractivity contribution is -0.117. The highest BCUT2D eigenvalue weighted by molar-refractivity contribution is 8.00. The van der Waals surface area contributed by atoms with E-state index in [0.29, 0.717) is 28.3 Å². The van der Waals surface area contributed by atoms with Gasteiger partial charge in [-0.1, -0.05) is 85.3 Å². The van der Waals surface area contributed by atoms with E-state index in [0.717, 1.165) is 16.3 Å². The zero-order valence-corrected chi connectivity index (χ0v) is 26.7. The zero-order valence-electron chi connectivity index (χ0n) is 25.1. The number of para-hydroxylation sites is 2. The van der Waals surface area contributed by atoms with E-state index < -0.39 is 11.8 Å². The second-order valence-electron chi connectivity index (χ2n) is 10.3. The van der Waals surface area contributed by atoms with Crippen LogP contribution in [-0.4, -0.2) is 23.0 Å². The maximum absolute atomic E-state index is 13.9. The summed E-state index contributed by atoms with van der Waals surface area (Å²) in [5, 5.41) is 5.84. The summed E-state index contributed by atoms with van der Waals surface area (Å²) in [7, 11) is 0. The number of benzene rings is 5. The van der Waals surface area contributed by atoms with Gasteiger partial charge in [-0.3, -0.25) is 19.3 Å². The minimum Gasteiger partial charge on any atom is -0.321 e. The molecule has 0 saturated heterocycles. The first-order valence-electron chi connectivity index (χ1n) is 14.8. The maximum Gasteiger partial charge on any atom is 0.272 e. The molecule has 0 fully saturated rings. The Bertz CT molecular complexity index is 1760. The van der Waals surface area contributed by atoms with Gasteiger partial charge < -0.3 is 10.6 Å². The van der Waals surface area contributed by atoms with E-state index in [1.807, 2.05) is 85.8 Å². The zero-order chi connectivity index (χ0) is 32.3. The van der Waals surface area contributed by atoms with E-state index in [-0.39, 0.29) is 16.9 Å². The molecule has 0 saturated carbocycles. The van der Waals surface area contributed by atoms with Crippen LogP contribution in [0.2, 0.25) is 5.02 Å². The van der Waals surface area contributed by atoms with Crippen LogP contribution in [0.1, 0.15) is 29.3 Å². The van der Waals surface area contributed by atoms with Gasteiger partial charge in [0.15, 0.2) is 0 Å². The molecule has 8 heteroatoms. The molecule has 0 bridgehead atoms. The lowest BCUT2D eigenvalue weighted by Gasteiger charge is -2.27. The summed E-state index contributed by atoms with van der Waals surface area (Å²) in [6, 6.07) is 42.2. The average Bonchev–Trinajstić information content (AvgIpc) is 3.10. The van der Waals surface area contributed by atoms with Gasteiger partial charge in [0, 0.05) is 32.5 Å². The van der Waals surface area contributed by atoms with Crippen molar-refractivity contribution < 1.29 is 14.4 Å². The van der Waals surface area contributed by atoms with Crippen molar-refractivity contribution in [2.45, 2.75) is 23.5 Å². The van der Waals surface area contributed by atoms with Crippen LogP contribution in [0.25, 0.3) is 6.08 Å². The molecule has 0 aliphatic rings. The number of halogens is 1. The van der Waals surface area contributed by atoms with Crippen molar-refractivity contribution in [3.8, 4) is 0 Å². The van der Waals surface area contributed by atoms with E-state index in [1.54, 1.807) is 71.6 Å². The van der Waals surface area contributed by atoms with Crippen LogP contribution in [0, 0.1) is 0 Å². The standard InChI is InChI=1S/C38H32ClN3O3S/c1-2-35(38(45)42(31-14-8-4-9-15-31)32-16-10-5-11-17-32)46-33-24-22-30(23-25-33)40-37(44)34(26-27-18-20-29(39)21-19-27)41-36(43)28-12-6-3-7-13-28/h3-26,35H,2H2,1H3,(H,40,44)(H,41,43)/b34-26-. The Labute approximate surface area is 278 Å². The molecule has 230 valence electrons. The number of carbonyl (C=O) groups is 3. The quantitative estimate of drug-likeness (QED) is 0.111. The molecule has 5 aromatic carbocycles. The molecule has 1 unspecified atom stereocenters. The number of amides is 3. The number of hydrogen-bond acceptors (Lipinski definition) is 4. The van der Waals surface area contributed by atoms with Crippen LogP contribution in [0.4, 0.5) is 17.1 Å². The lowest BCUT2D eigenvalue weighted by Crippen LogP contribution is -2.34. The number of rotatable bonds is 11. The fraction of sp³-hybridized carbons (Fsp3) is 0.0789. The molecule has 6 nitrogen and oxygen atoms in total. The molecule has 0 aromatic heterocycles. The first-order chi connectivity index (χ1) is 22.4. The van der Waals surface area contributed by atoms with Gasteiger partial charge in [0.2, 0.25) is 5.91 Å². The summed E-state index contributed by atoms with van der Waals surface area (Å²) >= 11 is 7.51. The van der Waals surface area contributed by atoms with Crippen molar-refractivity contribution in [1.82, 2.24) is 5.32 Å². The molecule has 0 aliphatic carbocycles. The van der Waals surface area contributed by atoms with E-state index in [9.17, 15) is 14.4 Å². The van der Waals surface area contributed by atoms with Gasteiger partial charge in [0.05, 0.1) is 5.25 Å². The van der Waals surface area contributed by atoms with Crippen molar-refractivity contribution in [3.05, 3.63) is 161 Å². The summed E-state index contributed by atoms with van der Waals surface area (Å²) in [6.45, 7) is 2.00. The predicted octanol–water partition coefficient (Wildman–Crippen LogP) is 8.99. The molecule has 0 radical (unpaired) electrons. The molecular formula is C38H32ClN3O3S. The highest BCUT2D eigenvalue weighted by Crippen LogP contribution is 2.33. The third kappa shape index (κ3) is 8.53. The van der Waals surface area contributed by atoms with E-state index in [1.165, 1.54) is 11.8 Å². The first-order valence-corrected chi connectivity index (χ1v) is 16.0. The molecule has 0 aliphatic heterocycles. The smallest absolute Gasteiger partial charge is 0.272 e. The monoisotopic (exact) mass is 645 g/mol. The summed E-state index contributed by atoms with van der Waals surface area (Å²) in [5.74, 6) is -0.908. The molecular weight excluding hydrogens is 614 g/mol. The third-order valence-electron chi connectivity index (χ3n) is 7.00. The van der Waals surface area contributed by atoms with E-state index in [2.05, 4.69) is 10.6 Å². The van der Waals surface area contributed by atoms with Crippen LogP contribution < -0.4 is 15.5 Å². The number of thioether (sulfide) groups is 1. The maximum atomic E-state index is 13.9. The average molecular weight is 646 g/mol. The van der Waals surface area contributed by atoms with Gasteiger partial charge in [-0.15, -0.1) is 11.8 Å². The minimum atomic E-state index is -0.484. The van der Waals surface area contributed by atoms with Crippen LogP contribution in [0.15, 0.2) is 150 Å². The van der Waals surface area contributed by atoms with Crippen LogP contribution in [-0.2, 0) is 9.59 Å². The number of carbonyl (C=O) groups excluding carboxylic acids is 3. The highest BCUT2D eigenvalue weighted by atomic mass is 35.5. The van der Waals surface area contributed by atoms with E-state index in [4.69, 9.17) is 11.6 Å². The summed E-state index contributed by atoms with van der Waals surface area (Å²) in [4.78, 5) is 42.9. The normalized spacial score (nSPS) is 11.7. The fourth-order valence-electron chi connectivity index (χ4n) is 4.66. The van der Waals surface area contributed by atoms with Crippen LogP contribution in [0.5, 0.6) is 0 Å². The molecule has 5 aromatic rings. The SMILES string of the molecule is CCC(Sc1ccc(NC(=O)/C(=C/c2ccc(Cl)cc2)NC(=O)c2ccccc2)cc1)C(=O)N(c1ccccc1)c1ccccc1. The Morgan fingerprint density at radius 3 is 1.83 bits per heavy atom. The fourth-order valence-corrected chi connectivity index (χ4v) is 5.78. The van der Waals surface area contributed by atoms with Gasteiger partial charge in [-0.05, 0) is 90.9 Å².